The molecule has 0 saturated carbocycles. The zero-order valence-electron chi connectivity index (χ0n) is 13.5. The van der Waals surface area contributed by atoms with E-state index in [2.05, 4.69) is 77.9 Å². The van der Waals surface area contributed by atoms with E-state index in [0.29, 0.717) is 17.9 Å². The maximum absolute atomic E-state index is 5.70. The van der Waals surface area contributed by atoms with Crippen LogP contribution in [0.25, 0.3) is 0 Å². The largest absolute Gasteiger partial charge is 0.491 e. The highest BCUT2D eigenvalue weighted by molar-refractivity contribution is 5.29. The van der Waals surface area contributed by atoms with Crippen molar-refractivity contribution in [3.05, 3.63) is 29.8 Å². The molecule has 0 radical (unpaired) electrons. The van der Waals surface area contributed by atoms with E-state index in [9.17, 15) is 0 Å². The summed E-state index contributed by atoms with van der Waals surface area (Å²) in [6.45, 7) is 11.0. The van der Waals surface area contributed by atoms with Crippen molar-refractivity contribution in [2.75, 3.05) is 14.1 Å². The van der Waals surface area contributed by atoms with Gasteiger partial charge in [0.15, 0.2) is 0 Å². The standard InChI is InChI=1S/C17H29NO/c1-12(2)14(5)17(18(6)7)15-8-10-16(11-9-15)19-13(3)4/h8-14,17H,1-7H3/t14-,17-/m1/s1. The summed E-state index contributed by atoms with van der Waals surface area (Å²) in [5, 5.41) is 0. The zero-order valence-corrected chi connectivity index (χ0v) is 13.5. The minimum Gasteiger partial charge on any atom is -0.491 e. The summed E-state index contributed by atoms with van der Waals surface area (Å²) in [6, 6.07) is 9.01. The molecule has 0 N–H and O–H groups in total. The first kappa shape index (κ1) is 16.0. The number of nitrogens with zero attached hydrogens (tertiary/aromatic N) is 1. The van der Waals surface area contributed by atoms with Crippen LogP contribution in [0.1, 0.15) is 46.2 Å². The van der Waals surface area contributed by atoms with Crippen molar-refractivity contribution in [3.63, 3.8) is 0 Å². The Kier molecular flexibility index (Phi) is 5.86. The van der Waals surface area contributed by atoms with Crippen LogP contribution in [0, 0.1) is 11.8 Å². The molecule has 108 valence electrons. The van der Waals surface area contributed by atoms with E-state index in [4.69, 9.17) is 4.74 Å². The molecule has 19 heavy (non-hydrogen) atoms. The van der Waals surface area contributed by atoms with Crippen molar-refractivity contribution in [2.24, 2.45) is 11.8 Å². The number of ether oxygens (including phenoxy) is 1. The molecule has 0 fully saturated rings. The predicted molar refractivity (Wildman–Crippen MR) is 82.6 cm³/mol. The first-order valence-electron chi connectivity index (χ1n) is 7.26. The van der Waals surface area contributed by atoms with Crippen LogP contribution in [0.2, 0.25) is 0 Å². The molecule has 0 heterocycles. The van der Waals surface area contributed by atoms with Crippen LogP contribution in [0.15, 0.2) is 24.3 Å². The quantitative estimate of drug-likeness (QED) is 0.755. The monoisotopic (exact) mass is 263 g/mol. The Morgan fingerprint density at radius 3 is 1.79 bits per heavy atom. The van der Waals surface area contributed by atoms with E-state index >= 15 is 0 Å². The SMILES string of the molecule is CC(C)Oc1ccc([C@@H]([C@H](C)C(C)C)N(C)C)cc1. The topological polar surface area (TPSA) is 12.5 Å². The van der Waals surface area contributed by atoms with E-state index in [1.165, 1.54) is 5.56 Å². The minimum atomic E-state index is 0.227. The van der Waals surface area contributed by atoms with Gasteiger partial charge in [0.2, 0.25) is 0 Å². The Morgan fingerprint density at radius 2 is 1.42 bits per heavy atom. The van der Waals surface area contributed by atoms with Crippen molar-refractivity contribution in [2.45, 2.75) is 46.8 Å². The molecule has 1 aromatic carbocycles. The van der Waals surface area contributed by atoms with Gasteiger partial charge in [0.25, 0.3) is 0 Å². The van der Waals surface area contributed by atoms with Gasteiger partial charge in [0.1, 0.15) is 5.75 Å². The predicted octanol–water partition coefficient (Wildman–Crippen LogP) is 4.37. The van der Waals surface area contributed by atoms with Crippen LogP contribution < -0.4 is 4.74 Å². The van der Waals surface area contributed by atoms with Crippen molar-refractivity contribution in [3.8, 4) is 5.75 Å². The maximum atomic E-state index is 5.70. The van der Waals surface area contributed by atoms with Gasteiger partial charge in [0.05, 0.1) is 6.10 Å². The average molecular weight is 263 g/mol. The van der Waals surface area contributed by atoms with Crippen LogP contribution in [0.4, 0.5) is 0 Å². The molecule has 0 aliphatic heterocycles. The highest BCUT2D eigenvalue weighted by Gasteiger charge is 2.23. The lowest BCUT2D eigenvalue weighted by atomic mass is 9.85. The molecule has 0 amide bonds. The Morgan fingerprint density at radius 1 is 0.895 bits per heavy atom. The third-order valence-electron chi connectivity index (χ3n) is 3.70. The van der Waals surface area contributed by atoms with E-state index in [1.54, 1.807) is 0 Å². The molecule has 0 saturated heterocycles. The fourth-order valence-corrected chi connectivity index (χ4v) is 2.45. The zero-order chi connectivity index (χ0) is 14.6. The van der Waals surface area contributed by atoms with Gasteiger partial charge in [-0.25, -0.2) is 0 Å². The number of hydrogen-bond acceptors (Lipinski definition) is 2. The summed E-state index contributed by atoms with van der Waals surface area (Å²) in [5.41, 5.74) is 1.36. The van der Waals surface area contributed by atoms with Gasteiger partial charge in [-0.1, -0.05) is 32.9 Å². The molecule has 2 atom stereocenters. The van der Waals surface area contributed by atoms with E-state index < -0.39 is 0 Å². The van der Waals surface area contributed by atoms with Gasteiger partial charge in [-0.2, -0.15) is 0 Å². The molecular formula is C17H29NO. The highest BCUT2D eigenvalue weighted by atomic mass is 16.5. The first-order valence-corrected chi connectivity index (χ1v) is 7.26. The molecule has 1 rings (SSSR count). The lowest BCUT2D eigenvalue weighted by Crippen LogP contribution is -2.28. The van der Waals surface area contributed by atoms with Crippen molar-refractivity contribution < 1.29 is 4.74 Å². The molecule has 1 aromatic rings. The molecule has 2 heteroatoms. The smallest absolute Gasteiger partial charge is 0.119 e. The first-order chi connectivity index (χ1) is 8.82. The molecule has 0 aromatic heterocycles. The van der Waals surface area contributed by atoms with E-state index in [-0.39, 0.29) is 6.10 Å². The molecule has 0 aliphatic carbocycles. The fourth-order valence-electron chi connectivity index (χ4n) is 2.45. The van der Waals surface area contributed by atoms with Crippen LogP contribution in [-0.4, -0.2) is 25.1 Å². The lowest BCUT2D eigenvalue weighted by Gasteiger charge is -2.33. The second kappa shape index (κ2) is 6.95. The van der Waals surface area contributed by atoms with E-state index in [0.717, 1.165) is 5.75 Å². The second-order valence-electron chi connectivity index (χ2n) is 6.25. The Bertz CT molecular complexity index is 367. The van der Waals surface area contributed by atoms with Gasteiger partial charge in [-0.3, -0.25) is 0 Å². The Labute approximate surface area is 118 Å². The number of benzene rings is 1. The summed E-state index contributed by atoms with van der Waals surface area (Å²) in [7, 11) is 4.31. The summed E-state index contributed by atoms with van der Waals surface area (Å²) < 4.78 is 5.70. The van der Waals surface area contributed by atoms with Crippen molar-refractivity contribution in [1.29, 1.82) is 0 Å². The Balaban J connectivity index is 2.92. The van der Waals surface area contributed by atoms with Gasteiger partial charge >= 0.3 is 0 Å². The van der Waals surface area contributed by atoms with E-state index in [1.807, 2.05) is 0 Å². The van der Waals surface area contributed by atoms with Gasteiger partial charge in [0, 0.05) is 6.04 Å². The van der Waals surface area contributed by atoms with Gasteiger partial charge in [-0.05, 0) is 57.5 Å². The van der Waals surface area contributed by atoms with Crippen LogP contribution in [0.5, 0.6) is 5.75 Å². The number of hydrogen-bond donors (Lipinski definition) is 0. The Hall–Kier alpha value is -1.02. The van der Waals surface area contributed by atoms with Crippen molar-refractivity contribution >= 4 is 0 Å². The second-order valence-corrected chi connectivity index (χ2v) is 6.25. The van der Waals surface area contributed by atoms with Crippen molar-refractivity contribution in [1.82, 2.24) is 4.90 Å². The van der Waals surface area contributed by atoms with Gasteiger partial charge < -0.3 is 9.64 Å². The van der Waals surface area contributed by atoms with Crippen LogP contribution >= 0.6 is 0 Å². The third-order valence-corrected chi connectivity index (χ3v) is 3.70. The van der Waals surface area contributed by atoms with Crippen LogP contribution in [-0.2, 0) is 0 Å². The van der Waals surface area contributed by atoms with Gasteiger partial charge in [-0.15, -0.1) is 0 Å². The summed E-state index contributed by atoms with van der Waals surface area (Å²) in [5.74, 6) is 2.24. The minimum absolute atomic E-state index is 0.227. The highest BCUT2D eigenvalue weighted by Crippen LogP contribution is 2.32. The summed E-state index contributed by atoms with van der Waals surface area (Å²) in [4.78, 5) is 2.31. The maximum Gasteiger partial charge on any atom is 0.119 e. The summed E-state index contributed by atoms with van der Waals surface area (Å²) >= 11 is 0. The molecule has 0 unspecified atom stereocenters. The molecule has 2 nitrogen and oxygen atoms in total. The fraction of sp³-hybridized carbons (Fsp3) is 0.647. The van der Waals surface area contributed by atoms with Crippen LogP contribution in [0.3, 0.4) is 0 Å². The summed E-state index contributed by atoms with van der Waals surface area (Å²) in [6.07, 6.45) is 0.227. The lowest BCUT2D eigenvalue weighted by molar-refractivity contribution is 0.184. The molecule has 0 aliphatic rings. The molecule has 0 bridgehead atoms. The third kappa shape index (κ3) is 4.54. The average Bonchev–Trinajstić information content (AvgIpc) is 2.30. The normalized spacial score (nSPS) is 15.1. The number of rotatable bonds is 6. The molecule has 0 spiro atoms. The molecular weight excluding hydrogens is 234 g/mol.